The molecule has 4 rings (SSSR count). The van der Waals surface area contributed by atoms with Crippen molar-refractivity contribution in [1.82, 2.24) is 0 Å². The van der Waals surface area contributed by atoms with Crippen molar-refractivity contribution in [2.75, 3.05) is 4.67 Å². The van der Waals surface area contributed by atoms with Crippen molar-refractivity contribution < 1.29 is 4.57 Å². The molecular weight excluding hydrogens is 289 g/mol. The molecule has 2 aromatic carbocycles. The van der Waals surface area contributed by atoms with Crippen molar-refractivity contribution in [2.45, 2.75) is 44.3 Å². The summed E-state index contributed by atoms with van der Waals surface area (Å²) in [6, 6.07) is 18.7. The quantitative estimate of drug-likeness (QED) is 0.732. The summed E-state index contributed by atoms with van der Waals surface area (Å²) < 4.78 is 16.5. The Morgan fingerprint density at radius 3 is 2.32 bits per heavy atom. The fourth-order valence-electron chi connectivity index (χ4n) is 4.04. The van der Waals surface area contributed by atoms with Crippen LogP contribution in [0, 0.1) is 0 Å². The minimum absolute atomic E-state index is 0.324. The maximum Gasteiger partial charge on any atom is 0.204 e. The van der Waals surface area contributed by atoms with E-state index in [1.54, 1.807) is 0 Å². The van der Waals surface area contributed by atoms with E-state index in [-0.39, 0.29) is 0 Å². The van der Waals surface area contributed by atoms with E-state index in [4.69, 9.17) is 0 Å². The smallest absolute Gasteiger partial charge is 0.204 e. The number of nitrogens with zero attached hydrogens (tertiary/aromatic N) is 1. The van der Waals surface area contributed by atoms with Gasteiger partial charge >= 0.3 is 0 Å². The Kier molecular flexibility index (Phi) is 3.58. The van der Waals surface area contributed by atoms with E-state index in [9.17, 15) is 4.57 Å². The van der Waals surface area contributed by atoms with E-state index >= 15 is 0 Å². The molecule has 1 fully saturated rings. The highest BCUT2D eigenvalue weighted by atomic mass is 31.2. The van der Waals surface area contributed by atoms with E-state index in [1.807, 2.05) is 24.3 Å². The minimum atomic E-state index is -2.53. The van der Waals surface area contributed by atoms with Gasteiger partial charge in [0.2, 0.25) is 7.29 Å². The van der Waals surface area contributed by atoms with Gasteiger partial charge in [-0.1, -0.05) is 55.7 Å². The van der Waals surface area contributed by atoms with Gasteiger partial charge in [0.1, 0.15) is 0 Å². The van der Waals surface area contributed by atoms with Gasteiger partial charge in [0, 0.05) is 16.7 Å². The van der Waals surface area contributed by atoms with Crippen LogP contribution in [0.25, 0.3) is 0 Å². The van der Waals surface area contributed by atoms with E-state index in [1.165, 1.54) is 24.8 Å². The van der Waals surface area contributed by atoms with Crippen LogP contribution >= 0.6 is 7.29 Å². The van der Waals surface area contributed by atoms with Gasteiger partial charge in [-0.3, -0.25) is 4.57 Å². The summed E-state index contributed by atoms with van der Waals surface area (Å²) in [4.78, 5) is 0. The van der Waals surface area contributed by atoms with Crippen LogP contribution in [0.15, 0.2) is 54.6 Å². The molecule has 0 aromatic heterocycles. The molecule has 114 valence electrons. The molecule has 1 aliphatic carbocycles. The number of hydrogen-bond donors (Lipinski definition) is 0. The summed E-state index contributed by atoms with van der Waals surface area (Å²) in [6.45, 7) is 0.786. The molecule has 1 atom stereocenters. The largest absolute Gasteiger partial charge is 0.314 e. The first kappa shape index (κ1) is 14.1. The summed E-state index contributed by atoms with van der Waals surface area (Å²) in [6.07, 6.45) is 5.95. The molecule has 2 aromatic rings. The van der Waals surface area contributed by atoms with Gasteiger partial charge in [0.15, 0.2) is 0 Å². The van der Waals surface area contributed by atoms with Crippen molar-refractivity contribution in [3.8, 4) is 0 Å². The second-order valence-corrected chi connectivity index (χ2v) is 9.38. The molecule has 1 saturated carbocycles. The third kappa shape index (κ3) is 2.13. The van der Waals surface area contributed by atoms with Gasteiger partial charge in [0.25, 0.3) is 0 Å². The third-order valence-corrected chi connectivity index (χ3v) is 8.86. The highest BCUT2D eigenvalue weighted by molar-refractivity contribution is 7.74. The second-order valence-electron chi connectivity index (χ2n) is 6.44. The van der Waals surface area contributed by atoms with Gasteiger partial charge in [-0.25, -0.2) is 0 Å². The van der Waals surface area contributed by atoms with E-state index in [2.05, 4.69) is 35.0 Å². The van der Waals surface area contributed by atoms with E-state index < -0.39 is 7.29 Å². The summed E-state index contributed by atoms with van der Waals surface area (Å²) >= 11 is 0. The molecule has 0 radical (unpaired) electrons. The molecule has 2 nitrogen and oxygen atoms in total. The van der Waals surface area contributed by atoms with Crippen LogP contribution in [0.1, 0.15) is 37.7 Å². The molecule has 1 aliphatic heterocycles. The predicted molar refractivity (Wildman–Crippen MR) is 93.2 cm³/mol. The van der Waals surface area contributed by atoms with Crippen LogP contribution in [-0.4, -0.2) is 5.66 Å². The lowest BCUT2D eigenvalue weighted by molar-refractivity contribution is 0.485. The second kappa shape index (κ2) is 5.59. The topological polar surface area (TPSA) is 20.3 Å². The number of anilines is 1. The van der Waals surface area contributed by atoms with Gasteiger partial charge < -0.3 is 4.67 Å². The normalized spacial score (nSPS) is 25.2. The van der Waals surface area contributed by atoms with E-state index in [0.29, 0.717) is 5.66 Å². The lowest BCUT2D eigenvalue weighted by Gasteiger charge is -2.35. The van der Waals surface area contributed by atoms with E-state index in [0.717, 1.165) is 30.4 Å². The zero-order chi connectivity index (χ0) is 15.0. The van der Waals surface area contributed by atoms with Crippen LogP contribution in [0.4, 0.5) is 5.69 Å². The van der Waals surface area contributed by atoms with Crippen molar-refractivity contribution in [3.63, 3.8) is 0 Å². The Hall–Kier alpha value is -1.53. The maximum atomic E-state index is 14.2. The fourth-order valence-corrected chi connectivity index (χ4v) is 7.85. The van der Waals surface area contributed by atoms with Gasteiger partial charge in [-0.05, 0) is 36.6 Å². The number of hydrogen-bond acceptors (Lipinski definition) is 1. The first-order valence-electron chi connectivity index (χ1n) is 8.31. The van der Waals surface area contributed by atoms with Crippen molar-refractivity contribution in [2.24, 2.45) is 0 Å². The Morgan fingerprint density at radius 1 is 0.864 bits per heavy atom. The monoisotopic (exact) mass is 311 g/mol. The lowest BCUT2D eigenvalue weighted by atomic mass is 10.0. The van der Waals surface area contributed by atoms with Crippen molar-refractivity contribution >= 4 is 18.3 Å². The van der Waals surface area contributed by atoms with Crippen molar-refractivity contribution in [1.29, 1.82) is 0 Å². The highest BCUT2D eigenvalue weighted by Gasteiger charge is 2.46. The molecule has 1 unspecified atom stereocenters. The Morgan fingerprint density at radius 2 is 1.55 bits per heavy atom. The molecule has 3 heteroatoms. The number of benzene rings is 2. The third-order valence-electron chi connectivity index (χ3n) is 5.14. The minimum Gasteiger partial charge on any atom is -0.314 e. The van der Waals surface area contributed by atoms with Crippen LogP contribution in [0.5, 0.6) is 0 Å². The summed E-state index contributed by atoms with van der Waals surface area (Å²) in [5.41, 5.74) is 2.68. The summed E-state index contributed by atoms with van der Waals surface area (Å²) in [5.74, 6) is 0. The number of rotatable bonds is 2. The molecule has 0 bridgehead atoms. The Bertz CT molecular complexity index is 706. The number of fused-ring (bicyclic) bond motifs is 1. The van der Waals surface area contributed by atoms with Crippen LogP contribution < -0.4 is 9.97 Å². The fraction of sp³-hybridized carbons (Fsp3) is 0.368. The van der Waals surface area contributed by atoms with Gasteiger partial charge in [0.05, 0.1) is 6.54 Å². The molecule has 0 spiro atoms. The SMILES string of the molecule is O=P1(C2CCCCC2)c2ccccc2CN1c1ccccc1. The molecule has 2 aliphatic rings. The highest BCUT2D eigenvalue weighted by Crippen LogP contribution is 2.62. The lowest BCUT2D eigenvalue weighted by Crippen LogP contribution is -2.27. The molecule has 1 heterocycles. The maximum absolute atomic E-state index is 14.2. The van der Waals surface area contributed by atoms with Crippen LogP contribution in [-0.2, 0) is 11.1 Å². The van der Waals surface area contributed by atoms with Crippen molar-refractivity contribution in [3.05, 3.63) is 60.2 Å². The Balaban J connectivity index is 1.83. The zero-order valence-electron chi connectivity index (χ0n) is 12.8. The van der Waals surface area contributed by atoms with Gasteiger partial charge in [-0.15, -0.1) is 0 Å². The average Bonchev–Trinajstić information content (AvgIpc) is 2.91. The number of para-hydroxylation sites is 1. The molecule has 0 amide bonds. The molecular formula is C19H22NOP. The summed E-state index contributed by atoms with van der Waals surface area (Å²) in [5, 5.41) is 1.12. The zero-order valence-corrected chi connectivity index (χ0v) is 13.7. The molecule has 22 heavy (non-hydrogen) atoms. The molecule has 0 N–H and O–H groups in total. The van der Waals surface area contributed by atoms with Gasteiger partial charge in [-0.2, -0.15) is 0 Å². The van der Waals surface area contributed by atoms with Crippen LogP contribution in [0.3, 0.4) is 0 Å². The first-order valence-corrected chi connectivity index (χ1v) is 10.0. The standard InChI is InChI=1S/C19H22NOP/c21-22(18-12-5-2-6-13-18)19-14-8-7-9-16(19)15-20(22)17-10-3-1-4-11-17/h1,3-4,7-11,14,18H,2,5-6,12-13,15H2. The summed E-state index contributed by atoms with van der Waals surface area (Å²) in [7, 11) is -2.53. The van der Waals surface area contributed by atoms with Crippen LogP contribution in [0.2, 0.25) is 0 Å². The average molecular weight is 311 g/mol. The molecule has 0 saturated heterocycles. The first-order chi connectivity index (χ1) is 10.8. The predicted octanol–water partition coefficient (Wildman–Crippen LogP) is 4.94. The Labute approximate surface area is 132 Å².